The number of hydrogen-bond donors (Lipinski definition) is 0. The molecule has 6 heteroatoms. The molecule has 0 bridgehead atoms. The Bertz CT molecular complexity index is 836. The van der Waals surface area contributed by atoms with E-state index in [-0.39, 0.29) is 6.79 Å². The molecule has 2 heterocycles. The Kier molecular flexibility index (Phi) is 3.29. The predicted octanol–water partition coefficient (Wildman–Crippen LogP) is 4.24. The van der Waals surface area contributed by atoms with Crippen molar-refractivity contribution >= 4 is 34.2 Å². The number of fused-ring (bicyclic) bond motifs is 2. The summed E-state index contributed by atoms with van der Waals surface area (Å²) in [5.41, 5.74) is 2.64. The molecule has 2 aromatic rings. The molecule has 110 valence electrons. The summed E-state index contributed by atoms with van der Waals surface area (Å²) in [6.07, 6.45) is 4.85. The molecular weight excluding hydrogens is 320 g/mol. The number of aliphatic imine (C=N–C) groups is 1. The van der Waals surface area contributed by atoms with Gasteiger partial charge < -0.3 is 9.47 Å². The molecule has 0 saturated heterocycles. The van der Waals surface area contributed by atoms with Crippen LogP contribution in [0.1, 0.15) is 28.0 Å². The first-order valence-corrected chi connectivity index (χ1v) is 8.13. The fourth-order valence-electron chi connectivity index (χ4n) is 2.76. The molecule has 1 aliphatic carbocycles. The van der Waals surface area contributed by atoms with E-state index in [0.29, 0.717) is 22.1 Å². The first kappa shape index (κ1) is 13.6. The lowest BCUT2D eigenvalue weighted by Crippen LogP contribution is -1.92. The Morgan fingerprint density at radius 3 is 2.91 bits per heavy atom. The highest BCUT2D eigenvalue weighted by Crippen LogP contribution is 2.41. The lowest BCUT2D eigenvalue weighted by atomic mass is 10.1. The lowest BCUT2D eigenvalue weighted by Gasteiger charge is -2.01. The Hall–Kier alpha value is -2.03. The van der Waals surface area contributed by atoms with Crippen molar-refractivity contribution < 1.29 is 9.47 Å². The molecule has 1 aliphatic heterocycles. The second-order valence-corrected chi connectivity index (χ2v) is 6.63. The number of halogens is 1. The van der Waals surface area contributed by atoms with Gasteiger partial charge in [0.1, 0.15) is 11.1 Å². The van der Waals surface area contributed by atoms with E-state index in [4.69, 9.17) is 21.1 Å². The molecule has 0 N–H and O–H groups in total. The van der Waals surface area contributed by atoms with Crippen LogP contribution in [0.4, 0.5) is 5.00 Å². The van der Waals surface area contributed by atoms with Gasteiger partial charge >= 0.3 is 0 Å². The second kappa shape index (κ2) is 5.31. The highest BCUT2D eigenvalue weighted by molar-refractivity contribution is 7.16. The lowest BCUT2D eigenvalue weighted by molar-refractivity contribution is 0.174. The van der Waals surface area contributed by atoms with Gasteiger partial charge in [0.25, 0.3) is 0 Å². The monoisotopic (exact) mass is 330 g/mol. The summed E-state index contributed by atoms with van der Waals surface area (Å²) >= 11 is 7.84. The number of rotatable bonds is 2. The van der Waals surface area contributed by atoms with Gasteiger partial charge in [-0.25, -0.2) is 4.99 Å². The first-order chi connectivity index (χ1) is 10.8. The summed E-state index contributed by atoms with van der Waals surface area (Å²) in [5.74, 6) is 1.31. The number of benzene rings is 1. The molecule has 22 heavy (non-hydrogen) atoms. The van der Waals surface area contributed by atoms with Gasteiger partial charge in [0.15, 0.2) is 11.5 Å². The number of nitrogens with zero attached hydrogens (tertiary/aromatic N) is 2. The van der Waals surface area contributed by atoms with E-state index in [9.17, 15) is 5.26 Å². The summed E-state index contributed by atoms with van der Waals surface area (Å²) < 4.78 is 10.6. The zero-order valence-corrected chi connectivity index (χ0v) is 13.1. The van der Waals surface area contributed by atoms with Crippen molar-refractivity contribution in [3.8, 4) is 17.6 Å². The van der Waals surface area contributed by atoms with E-state index >= 15 is 0 Å². The molecule has 0 fully saturated rings. The highest BCUT2D eigenvalue weighted by atomic mass is 35.5. The van der Waals surface area contributed by atoms with E-state index in [1.165, 1.54) is 10.4 Å². The molecule has 1 aromatic carbocycles. The molecule has 0 spiro atoms. The van der Waals surface area contributed by atoms with E-state index in [0.717, 1.165) is 29.8 Å². The van der Waals surface area contributed by atoms with E-state index in [2.05, 4.69) is 11.1 Å². The molecule has 2 aliphatic rings. The van der Waals surface area contributed by atoms with Gasteiger partial charge in [-0.3, -0.25) is 0 Å². The standard InChI is InChI=1S/C16H11ClN2O2S/c17-12-5-14-13(20-8-21-14)4-9(12)7-19-16-11(6-18)10-2-1-3-15(10)22-16/h4-5,7H,1-3,8H2. The molecule has 0 unspecified atom stereocenters. The quantitative estimate of drug-likeness (QED) is 0.774. The van der Waals surface area contributed by atoms with Crippen LogP contribution in [0.25, 0.3) is 0 Å². The van der Waals surface area contributed by atoms with Crippen LogP contribution < -0.4 is 9.47 Å². The van der Waals surface area contributed by atoms with Gasteiger partial charge in [-0.05, 0) is 30.9 Å². The van der Waals surface area contributed by atoms with Crippen molar-refractivity contribution in [1.82, 2.24) is 0 Å². The number of aryl methyl sites for hydroxylation is 1. The van der Waals surface area contributed by atoms with Gasteiger partial charge in [0, 0.05) is 22.7 Å². The van der Waals surface area contributed by atoms with Crippen LogP contribution in [0.5, 0.6) is 11.5 Å². The minimum absolute atomic E-state index is 0.211. The van der Waals surface area contributed by atoms with Crippen LogP contribution in [0.15, 0.2) is 17.1 Å². The number of thiophene rings is 1. The topological polar surface area (TPSA) is 54.6 Å². The van der Waals surface area contributed by atoms with Crippen molar-refractivity contribution in [3.63, 3.8) is 0 Å². The number of nitriles is 1. The molecule has 0 saturated carbocycles. The average Bonchev–Trinajstić information content (AvgIpc) is 3.19. The molecule has 0 amide bonds. The van der Waals surface area contributed by atoms with Crippen molar-refractivity contribution in [3.05, 3.63) is 38.7 Å². The predicted molar refractivity (Wildman–Crippen MR) is 85.9 cm³/mol. The van der Waals surface area contributed by atoms with Crippen LogP contribution in [0, 0.1) is 11.3 Å². The second-order valence-electron chi connectivity index (χ2n) is 5.13. The SMILES string of the molecule is N#Cc1c(N=Cc2cc3c(cc2Cl)OCO3)sc2c1CCC2. The van der Waals surface area contributed by atoms with Crippen LogP contribution in [0.2, 0.25) is 5.02 Å². The molecule has 4 nitrogen and oxygen atoms in total. The summed E-state index contributed by atoms with van der Waals surface area (Å²) in [4.78, 5) is 5.78. The van der Waals surface area contributed by atoms with Crippen molar-refractivity contribution in [2.45, 2.75) is 19.3 Å². The Labute approximate surface area is 136 Å². The number of ether oxygens (including phenoxy) is 2. The van der Waals surface area contributed by atoms with Crippen molar-refractivity contribution in [2.24, 2.45) is 4.99 Å². The zero-order valence-electron chi connectivity index (χ0n) is 11.6. The molecular formula is C16H11ClN2O2S. The minimum Gasteiger partial charge on any atom is -0.454 e. The Morgan fingerprint density at radius 2 is 2.09 bits per heavy atom. The van der Waals surface area contributed by atoms with Gasteiger partial charge in [-0.15, -0.1) is 11.3 Å². The molecule has 1 aromatic heterocycles. The number of hydrogen-bond acceptors (Lipinski definition) is 5. The van der Waals surface area contributed by atoms with E-state index in [1.54, 1.807) is 23.6 Å². The van der Waals surface area contributed by atoms with Crippen LogP contribution in [-0.4, -0.2) is 13.0 Å². The van der Waals surface area contributed by atoms with Gasteiger partial charge in [0.05, 0.1) is 10.6 Å². The largest absolute Gasteiger partial charge is 0.454 e. The summed E-state index contributed by atoms with van der Waals surface area (Å²) in [7, 11) is 0. The third kappa shape index (κ3) is 2.16. The normalized spacial score (nSPS) is 15.3. The van der Waals surface area contributed by atoms with Crippen molar-refractivity contribution in [2.75, 3.05) is 6.79 Å². The fraction of sp³-hybridized carbons (Fsp3) is 0.250. The van der Waals surface area contributed by atoms with Crippen molar-refractivity contribution in [1.29, 1.82) is 5.26 Å². The van der Waals surface area contributed by atoms with Crippen LogP contribution in [0.3, 0.4) is 0 Å². The average molecular weight is 331 g/mol. The Balaban J connectivity index is 1.70. The molecule has 0 atom stereocenters. The third-order valence-corrected chi connectivity index (χ3v) is 5.35. The van der Waals surface area contributed by atoms with E-state index in [1.807, 2.05) is 6.07 Å². The van der Waals surface area contributed by atoms with Crippen LogP contribution in [-0.2, 0) is 12.8 Å². The van der Waals surface area contributed by atoms with Gasteiger partial charge in [-0.2, -0.15) is 5.26 Å². The maximum Gasteiger partial charge on any atom is 0.231 e. The fourth-order valence-corrected chi connectivity index (χ4v) is 4.14. The maximum atomic E-state index is 9.37. The van der Waals surface area contributed by atoms with Gasteiger partial charge in [-0.1, -0.05) is 11.6 Å². The third-order valence-electron chi connectivity index (χ3n) is 3.83. The maximum absolute atomic E-state index is 9.37. The summed E-state index contributed by atoms with van der Waals surface area (Å²) in [6, 6.07) is 5.82. The Morgan fingerprint density at radius 1 is 1.27 bits per heavy atom. The van der Waals surface area contributed by atoms with Crippen LogP contribution >= 0.6 is 22.9 Å². The summed E-state index contributed by atoms with van der Waals surface area (Å²) in [6.45, 7) is 0.211. The zero-order chi connectivity index (χ0) is 15.1. The summed E-state index contributed by atoms with van der Waals surface area (Å²) in [5, 5.41) is 10.7. The first-order valence-electron chi connectivity index (χ1n) is 6.94. The molecule has 0 radical (unpaired) electrons. The van der Waals surface area contributed by atoms with Gasteiger partial charge in [0.2, 0.25) is 6.79 Å². The smallest absolute Gasteiger partial charge is 0.231 e. The highest BCUT2D eigenvalue weighted by Gasteiger charge is 2.22. The van der Waals surface area contributed by atoms with E-state index < -0.39 is 0 Å². The molecule has 4 rings (SSSR count). The minimum atomic E-state index is 0.211.